The van der Waals surface area contributed by atoms with E-state index in [1.165, 1.54) is 135 Å². The van der Waals surface area contributed by atoms with E-state index in [1.807, 2.05) is 0 Å². The van der Waals surface area contributed by atoms with Gasteiger partial charge in [0.1, 0.15) is 17.1 Å². The molecular weight excluding hydrogens is 1270 g/mol. The second-order valence-electron chi connectivity index (χ2n) is 28.5. The molecule has 0 N–H and O–H groups in total. The first kappa shape index (κ1) is 88.0. The van der Waals surface area contributed by atoms with E-state index in [0.717, 1.165) is 23.6 Å². The van der Waals surface area contributed by atoms with Gasteiger partial charge in [-0.05, 0) is 245 Å². The quantitative estimate of drug-likeness (QED) is 0.149. The zero-order chi connectivity index (χ0) is 76.6. The van der Waals surface area contributed by atoms with Crippen LogP contribution in [0.25, 0.3) is 0 Å². The molecule has 0 saturated heterocycles. The van der Waals surface area contributed by atoms with Crippen LogP contribution in [0.3, 0.4) is 0 Å². The molecule has 0 radical (unpaired) electrons. The van der Waals surface area contributed by atoms with E-state index in [9.17, 15) is 39.5 Å². The number of alkyl halides is 9. The van der Waals surface area contributed by atoms with Crippen molar-refractivity contribution < 1.29 is 39.5 Å². The van der Waals surface area contributed by atoms with Crippen molar-refractivity contribution in [3.63, 3.8) is 0 Å². The molecule has 1 aliphatic carbocycles. The maximum Gasteiger partial charge on any atom is 0.431 e. The van der Waals surface area contributed by atoms with Gasteiger partial charge < -0.3 is 41.1 Å². The standard InChI is InChI=1S/C11H17N.C11H19N.2C10H17N.2C9H15N.C7H5F6N.C7H8F3N.C7H11N/c1-9-7-8-11(12(9)2)10-5-3-4-6-10;1-8(2)10-6-7-11(9(3)4)12(10)5;1-7(2)10-6-11(5)9(4)8(10)3;1-7(2)10-9(4)8(3)6-11(10)5;1-7(2)9-6-5-8(3)10(9)4;1-6-7(2)9(4)10(5)8(6)3;1-14-4(6(8,9)10)2-3-5(14)7(11,12)13;1-5-3-4-6(11(5)2)7(8,9)10;1-6-4-5-7(2)8(6)3/h7-8,10H,3-6H2,1-2H3;6-9H,1-5H3;2*6-7H,1-5H3;5-7H,1-4H3;1-5H3;2-3H,1H3;3-4H,1-2H3;4-5H,1-3H3. The molecule has 0 aromatic carbocycles. The van der Waals surface area contributed by atoms with Gasteiger partial charge in [0.2, 0.25) is 0 Å². The van der Waals surface area contributed by atoms with Crippen LogP contribution >= 0.6 is 0 Å². The van der Waals surface area contributed by atoms with Gasteiger partial charge in [0, 0.05) is 150 Å². The number of aryl methyl sites for hydroxylation is 8. The predicted octanol–water partition coefficient (Wildman–Crippen LogP) is 23.6. The molecule has 9 aromatic heterocycles. The Hall–Kier alpha value is -7.11. The van der Waals surface area contributed by atoms with Crippen molar-refractivity contribution in [3.05, 3.63) is 210 Å². The zero-order valence-corrected chi connectivity index (χ0v) is 66.3. The third-order valence-corrected chi connectivity index (χ3v) is 20.0. The van der Waals surface area contributed by atoms with Gasteiger partial charge in [-0.15, -0.1) is 0 Å². The Bertz CT molecular complexity index is 3740. The summed E-state index contributed by atoms with van der Waals surface area (Å²) in [5.74, 6) is 4.02. The number of aromatic nitrogens is 9. The second kappa shape index (κ2) is 37.5. The van der Waals surface area contributed by atoms with Crippen molar-refractivity contribution in [1.29, 1.82) is 0 Å². The molecule has 0 atom stereocenters. The molecule has 10 rings (SSSR count). The Morgan fingerprint density at radius 2 is 0.657 bits per heavy atom. The van der Waals surface area contributed by atoms with Gasteiger partial charge in [0.05, 0.1) is 0 Å². The lowest BCUT2D eigenvalue weighted by atomic mass is 10.0. The van der Waals surface area contributed by atoms with Gasteiger partial charge >= 0.3 is 18.5 Å². The number of hydrogen-bond donors (Lipinski definition) is 0. The largest absolute Gasteiger partial charge is 0.431 e. The van der Waals surface area contributed by atoms with E-state index in [4.69, 9.17) is 0 Å². The highest BCUT2D eigenvalue weighted by atomic mass is 19.4. The lowest BCUT2D eigenvalue weighted by Gasteiger charge is -2.12. The zero-order valence-electron chi connectivity index (χ0n) is 66.3. The van der Waals surface area contributed by atoms with E-state index in [1.54, 1.807) is 12.6 Å². The smallest absolute Gasteiger partial charge is 0.354 e. The Morgan fingerprint density at radius 1 is 0.313 bits per heavy atom. The van der Waals surface area contributed by atoms with Gasteiger partial charge in [0.25, 0.3) is 0 Å². The summed E-state index contributed by atoms with van der Waals surface area (Å²) in [4.78, 5) is 0. The Labute approximate surface area is 590 Å². The summed E-state index contributed by atoms with van der Waals surface area (Å²) in [7, 11) is 17.0. The summed E-state index contributed by atoms with van der Waals surface area (Å²) < 4.78 is 125. The molecule has 1 fully saturated rings. The number of halogens is 9. The van der Waals surface area contributed by atoms with E-state index in [2.05, 4.69) is 295 Å². The van der Waals surface area contributed by atoms with Gasteiger partial charge in [-0.3, -0.25) is 0 Å². The van der Waals surface area contributed by atoms with Crippen LogP contribution in [-0.4, -0.2) is 41.1 Å². The number of rotatable bonds is 6. The van der Waals surface area contributed by atoms with Crippen LogP contribution in [0.15, 0.2) is 85.2 Å². The van der Waals surface area contributed by atoms with Crippen LogP contribution in [-0.2, 0) is 82.0 Å². The summed E-state index contributed by atoms with van der Waals surface area (Å²) in [5.41, 5.74) is 22.8. The van der Waals surface area contributed by atoms with Gasteiger partial charge in [-0.25, -0.2) is 0 Å². The summed E-state index contributed by atoms with van der Waals surface area (Å²) in [6, 6.07) is 20.9. The van der Waals surface area contributed by atoms with Crippen LogP contribution in [0, 0.1) is 90.0 Å². The summed E-state index contributed by atoms with van der Waals surface area (Å²) >= 11 is 0. The minimum atomic E-state index is -4.77. The summed E-state index contributed by atoms with van der Waals surface area (Å²) in [6.45, 7) is 49.9. The maximum atomic E-state index is 12.1. The molecule has 99 heavy (non-hydrogen) atoms. The van der Waals surface area contributed by atoms with Crippen LogP contribution in [0.1, 0.15) is 255 Å². The molecule has 0 bridgehead atoms. The fourth-order valence-electron chi connectivity index (χ4n) is 12.4. The molecular formula is C81H124F9N9. The van der Waals surface area contributed by atoms with E-state index < -0.39 is 35.6 Å². The average molecular weight is 1390 g/mol. The molecule has 9 heterocycles. The van der Waals surface area contributed by atoms with Crippen LogP contribution in [0.5, 0.6) is 0 Å². The highest BCUT2D eigenvalue weighted by Gasteiger charge is 2.40. The Balaban J connectivity index is 0.000000380. The highest BCUT2D eigenvalue weighted by molar-refractivity contribution is 5.35. The van der Waals surface area contributed by atoms with E-state index in [0.29, 0.717) is 47.4 Å². The van der Waals surface area contributed by atoms with Crippen LogP contribution in [0.2, 0.25) is 0 Å². The number of hydrogen-bond acceptors (Lipinski definition) is 0. The molecule has 9 aromatic rings. The molecule has 0 spiro atoms. The van der Waals surface area contributed by atoms with Gasteiger partial charge in [-0.2, -0.15) is 39.5 Å². The molecule has 18 heteroatoms. The van der Waals surface area contributed by atoms with Crippen molar-refractivity contribution in [2.45, 2.75) is 239 Å². The minimum Gasteiger partial charge on any atom is -0.354 e. The minimum absolute atomic E-state index is 0.0833. The van der Waals surface area contributed by atoms with Gasteiger partial charge in [-0.1, -0.05) is 82.1 Å². The normalized spacial score (nSPS) is 12.3. The fraction of sp³-hybridized carbons (Fsp3) is 0.556. The fourth-order valence-corrected chi connectivity index (χ4v) is 12.4. The highest BCUT2D eigenvalue weighted by Crippen LogP contribution is 2.37. The third-order valence-electron chi connectivity index (χ3n) is 20.0. The molecule has 9 nitrogen and oxygen atoms in total. The monoisotopic (exact) mass is 1390 g/mol. The lowest BCUT2D eigenvalue weighted by molar-refractivity contribution is -0.152. The van der Waals surface area contributed by atoms with Gasteiger partial charge in [0.15, 0.2) is 0 Å². The lowest BCUT2D eigenvalue weighted by Crippen LogP contribution is -2.16. The SMILES string of the molecule is CC(C)c1ccc(C(C)C)n1C.Cc1c(C(C)C)cn(C)c1C.Cc1c(C)c(C)n(C)c1C.Cc1ccc(C(C)C)n1C.Cc1ccc(C(F)(F)F)n1C.Cc1ccc(C)n1C.Cc1ccc(C2CCCC2)n1C.Cc1cn(C)c(C(C)C)c1C.Cn1c(C(F)(F)F)ccc1C(F)(F)F. The van der Waals surface area contributed by atoms with Crippen molar-refractivity contribution in [1.82, 2.24) is 41.1 Å². The molecule has 0 unspecified atom stereocenters. The van der Waals surface area contributed by atoms with Crippen molar-refractivity contribution in [2.75, 3.05) is 0 Å². The molecule has 0 aliphatic heterocycles. The first-order chi connectivity index (χ1) is 45.4. The van der Waals surface area contributed by atoms with E-state index in [-0.39, 0.29) is 4.57 Å². The Kier molecular flexibility index (Phi) is 33.3. The van der Waals surface area contributed by atoms with Crippen LogP contribution in [0.4, 0.5) is 39.5 Å². The molecule has 1 saturated carbocycles. The molecule has 556 valence electrons. The average Bonchev–Trinajstić information content (AvgIpc) is 1.79. The third kappa shape index (κ3) is 24.3. The van der Waals surface area contributed by atoms with Crippen molar-refractivity contribution >= 4 is 0 Å². The second-order valence-corrected chi connectivity index (χ2v) is 28.5. The number of nitrogens with zero attached hydrogens (tertiary/aromatic N) is 9. The van der Waals surface area contributed by atoms with Crippen molar-refractivity contribution in [3.8, 4) is 0 Å². The first-order valence-corrected chi connectivity index (χ1v) is 34.7. The van der Waals surface area contributed by atoms with Crippen LogP contribution < -0.4 is 0 Å². The first-order valence-electron chi connectivity index (χ1n) is 34.7. The molecule has 0 amide bonds. The summed E-state index contributed by atoms with van der Waals surface area (Å²) in [6.07, 6.45) is -3.68. The molecule has 1 aliphatic rings. The Morgan fingerprint density at radius 3 is 0.859 bits per heavy atom. The summed E-state index contributed by atoms with van der Waals surface area (Å²) in [5, 5.41) is 0. The predicted molar refractivity (Wildman–Crippen MR) is 397 cm³/mol. The van der Waals surface area contributed by atoms with Crippen molar-refractivity contribution in [2.24, 2.45) is 63.4 Å². The van der Waals surface area contributed by atoms with E-state index >= 15 is 0 Å². The topological polar surface area (TPSA) is 44.4 Å². The maximum absolute atomic E-state index is 12.1.